The van der Waals surface area contributed by atoms with E-state index in [1.54, 1.807) is 12.3 Å². The lowest BCUT2D eigenvalue weighted by Crippen LogP contribution is -2.38. The minimum absolute atomic E-state index is 0.157. The van der Waals surface area contributed by atoms with Crippen molar-refractivity contribution < 1.29 is 4.79 Å². The fourth-order valence-electron chi connectivity index (χ4n) is 4.30. The molecule has 1 saturated heterocycles. The number of likely N-dealkylation sites (tertiary alicyclic amines) is 1. The van der Waals surface area contributed by atoms with Gasteiger partial charge in [-0.3, -0.25) is 9.69 Å². The van der Waals surface area contributed by atoms with Gasteiger partial charge in [0, 0.05) is 31.2 Å². The van der Waals surface area contributed by atoms with Gasteiger partial charge in [-0.05, 0) is 31.9 Å². The molecule has 25 heavy (non-hydrogen) atoms. The Bertz CT molecular complexity index is 587. The molecule has 3 rings (SSSR count). The van der Waals surface area contributed by atoms with Crippen molar-refractivity contribution in [2.24, 2.45) is 11.8 Å². The molecule has 138 valence electrons. The van der Waals surface area contributed by atoms with E-state index in [-0.39, 0.29) is 5.92 Å². The van der Waals surface area contributed by atoms with Crippen LogP contribution >= 0.6 is 0 Å². The number of aromatic nitrogens is 2. The zero-order valence-electron chi connectivity index (χ0n) is 15.5. The molecule has 6 nitrogen and oxygen atoms in total. The molecule has 1 aliphatic carbocycles. The Morgan fingerprint density at radius 1 is 1.40 bits per heavy atom. The molecule has 2 aliphatic rings. The van der Waals surface area contributed by atoms with Crippen LogP contribution in [0.4, 0.5) is 5.82 Å². The summed E-state index contributed by atoms with van der Waals surface area (Å²) in [7, 11) is 2.08. The second kappa shape index (κ2) is 8.13. The van der Waals surface area contributed by atoms with Gasteiger partial charge in [0.15, 0.2) is 0 Å². The summed E-state index contributed by atoms with van der Waals surface area (Å²) in [5, 5.41) is 0. The maximum atomic E-state index is 12.8. The van der Waals surface area contributed by atoms with Crippen molar-refractivity contribution in [3.8, 4) is 0 Å². The number of hydrogen-bond donors (Lipinski definition) is 1. The van der Waals surface area contributed by atoms with Crippen LogP contribution in [0.25, 0.3) is 0 Å². The number of carbonyl (C=O) groups excluding carboxylic acids is 1. The molecule has 1 aromatic heterocycles. The standard InChI is InChI=1S/C19H31N5O/c1-14(11-15-5-3-4-6-15)19(25)24-10-8-16(12-24)23(2)13-18-21-9-7-17(20)22-18/h7,9,14-16H,3-6,8,10-13H2,1-2H3,(H2,20,21,22)/t14-,16+/m1/s1. The summed E-state index contributed by atoms with van der Waals surface area (Å²) in [5.74, 6) is 2.50. The summed E-state index contributed by atoms with van der Waals surface area (Å²) in [6, 6.07) is 2.07. The van der Waals surface area contributed by atoms with Gasteiger partial charge in [0.25, 0.3) is 0 Å². The van der Waals surface area contributed by atoms with Gasteiger partial charge in [-0.2, -0.15) is 0 Å². The predicted octanol–water partition coefficient (Wildman–Crippen LogP) is 2.31. The lowest BCUT2D eigenvalue weighted by Gasteiger charge is -2.26. The largest absolute Gasteiger partial charge is 0.384 e. The highest BCUT2D eigenvalue weighted by Gasteiger charge is 2.32. The average Bonchev–Trinajstić information content (AvgIpc) is 3.25. The molecule has 2 N–H and O–H groups in total. The lowest BCUT2D eigenvalue weighted by molar-refractivity contribution is -0.134. The van der Waals surface area contributed by atoms with Crippen LogP contribution in [0.5, 0.6) is 0 Å². The van der Waals surface area contributed by atoms with E-state index in [0.29, 0.717) is 24.3 Å². The van der Waals surface area contributed by atoms with E-state index in [9.17, 15) is 4.79 Å². The van der Waals surface area contributed by atoms with Gasteiger partial charge < -0.3 is 10.6 Å². The van der Waals surface area contributed by atoms with Crippen molar-refractivity contribution in [2.75, 3.05) is 25.9 Å². The molecule has 2 atom stereocenters. The highest BCUT2D eigenvalue weighted by molar-refractivity contribution is 5.78. The van der Waals surface area contributed by atoms with Gasteiger partial charge in [0.1, 0.15) is 11.6 Å². The molecule has 1 saturated carbocycles. The summed E-state index contributed by atoms with van der Waals surface area (Å²) < 4.78 is 0. The normalized spacial score (nSPS) is 22.7. The number of nitrogen functional groups attached to an aromatic ring is 1. The fraction of sp³-hybridized carbons (Fsp3) is 0.737. The van der Waals surface area contributed by atoms with Crippen LogP contribution < -0.4 is 5.73 Å². The maximum absolute atomic E-state index is 12.8. The van der Waals surface area contributed by atoms with Crippen molar-refractivity contribution >= 4 is 11.7 Å². The number of carbonyl (C=O) groups is 1. The molecular formula is C19H31N5O. The maximum Gasteiger partial charge on any atom is 0.225 e. The highest BCUT2D eigenvalue weighted by atomic mass is 16.2. The molecule has 0 unspecified atom stereocenters. The van der Waals surface area contributed by atoms with Crippen molar-refractivity contribution in [3.63, 3.8) is 0 Å². The third-order valence-corrected chi connectivity index (χ3v) is 5.80. The van der Waals surface area contributed by atoms with Crippen LogP contribution in [-0.4, -0.2) is 51.9 Å². The number of nitrogens with two attached hydrogens (primary N) is 1. The molecule has 2 heterocycles. The molecule has 2 fully saturated rings. The topological polar surface area (TPSA) is 75.4 Å². The van der Waals surface area contributed by atoms with E-state index in [1.165, 1.54) is 25.7 Å². The molecular weight excluding hydrogens is 314 g/mol. The van der Waals surface area contributed by atoms with Gasteiger partial charge in [-0.1, -0.05) is 32.6 Å². The molecule has 1 aliphatic heterocycles. The van der Waals surface area contributed by atoms with Crippen LogP contribution in [-0.2, 0) is 11.3 Å². The van der Waals surface area contributed by atoms with Crippen molar-refractivity contribution in [1.82, 2.24) is 19.8 Å². The summed E-state index contributed by atoms with van der Waals surface area (Å²) in [5.41, 5.74) is 5.73. The summed E-state index contributed by atoms with van der Waals surface area (Å²) >= 11 is 0. The highest BCUT2D eigenvalue weighted by Crippen LogP contribution is 2.31. The number of likely N-dealkylation sites (N-methyl/N-ethyl adjacent to an activating group) is 1. The Kier molecular flexibility index (Phi) is 5.89. The number of amides is 1. The van der Waals surface area contributed by atoms with Gasteiger partial charge in [0.2, 0.25) is 5.91 Å². The molecule has 0 aromatic carbocycles. The zero-order valence-corrected chi connectivity index (χ0v) is 15.5. The monoisotopic (exact) mass is 345 g/mol. The molecule has 0 spiro atoms. The number of hydrogen-bond acceptors (Lipinski definition) is 5. The van der Waals surface area contributed by atoms with Gasteiger partial charge in [-0.15, -0.1) is 0 Å². The summed E-state index contributed by atoms with van der Waals surface area (Å²) in [6.45, 7) is 4.45. The third-order valence-electron chi connectivity index (χ3n) is 5.80. The van der Waals surface area contributed by atoms with Crippen LogP contribution in [0.3, 0.4) is 0 Å². The first-order valence-electron chi connectivity index (χ1n) is 9.59. The number of anilines is 1. The first kappa shape index (κ1) is 18.1. The number of rotatable bonds is 6. The van der Waals surface area contributed by atoms with Crippen molar-refractivity contribution in [1.29, 1.82) is 0 Å². The van der Waals surface area contributed by atoms with E-state index >= 15 is 0 Å². The lowest BCUT2D eigenvalue weighted by atomic mass is 9.93. The fourth-order valence-corrected chi connectivity index (χ4v) is 4.30. The molecule has 0 radical (unpaired) electrons. The smallest absolute Gasteiger partial charge is 0.225 e. The van der Waals surface area contributed by atoms with Crippen LogP contribution in [0.1, 0.15) is 51.3 Å². The van der Waals surface area contributed by atoms with E-state index in [0.717, 1.165) is 37.7 Å². The minimum Gasteiger partial charge on any atom is -0.384 e. The van der Waals surface area contributed by atoms with E-state index in [4.69, 9.17) is 5.73 Å². The van der Waals surface area contributed by atoms with E-state index in [2.05, 4.69) is 33.7 Å². The molecule has 1 amide bonds. The quantitative estimate of drug-likeness (QED) is 0.856. The average molecular weight is 345 g/mol. The van der Waals surface area contributed by atoms with Crippen LogP contribution in [0, 0.1) is 11.8 Å². The van der Waals surface area contributed by atoms with E-state index in [1.807, 2.05) is 0 Å². The molecule has 0 bridgehead atoms. The van der Waals surface area contributed by atoms with Crippen LogP contribution in [0.15, 0.2) is 12.3 Å². The van der Waals surface area contributed by atoms with Crippen molar-refractivity contribution in [3.05, 3.63) is 18.1 Å². The predicted molar refractivity (Wildman–Crippen MR) is 98.6 cm³/mol. The summed E-state index contributed by atoms with van der Waals surface area (Å²) in [6.07, 6.45) is 9.07. The zero-order chi connectivity index (χ0) is 17.8. The summed E-state index contributed by atoms with van der Waals surface area (Å²) in [4.78, 5) is 25.6. The first-order valence-corrected chi connectivity index (χ1v) is 9.59. The third kappa shape index (κ3) is 4.69. The van der Waals surface area contributed by atoms with Gasteiger partial charge >= 0.3 is 0 Å². The van der Waals surface area contributed by atoms with Gasteiger partial charge in [-0.25, -0.2) is 9.97 Å². The van der Waals surface area contributed by atoms with Gasteiger partial charge in [0.05, 0.1) is 6.54 Å². The Labute approximate surface area is 150 Å². The molecule has 6 heteroatoms. The Balaban J connectivity index is 1.49. The number of nitrogens with zero attached hydrogens (tertiary/aromatic N) is 4. The minimum atomic E-state index is 0.157. The Hall–Kier alpha value is -1.69. The second-order valence-corrected chi connectivity index (χ2v) is 7.83. The Morgan fingerprint density at radius 2 is 2.16 bits per heavy atom. The van der Waals surface area contributed by atoms with Crippen molar-refractivity contribution in [2.45, 2.75) is 58.0 Å². The SMILES string of the molecule is C[C@H](CC1CCCC1)C(=O)N1CC[C@H](N(C)Cc2nccc(N)n2)C1. The van der Waals surface area contributed by atoms with E-state index < -0.39 is 0 Å². The second-order valence-electron chi connectivity index (χ2n) is 7.83. The first-order chi connectivity index (χ1) is 12.0. The molecule has 1 aromatic rings. The van der Waals surface area contributed by atoms with Crippen LogP contribution in [0.2, 0.25) is 0 Å². The Morgan fingerprint density at radius 3 is 2.88 bits per heavy atom.